The first-order valence-corrected chi connectivity index (χ1v) is 4.17. The Hall–Kier alpha value is -0.910. The van der Waals surface area contributed by atoms with E-state index in [9.17, 15) is 22.4 Å². The van der Waals surface area contributed by atoms with Crippen LogP contribution in [0.4, 0.5) is 17.6 Å². The summed E-state index contributed by atoms with van der Waals surface area (Å²) in [6, 6.07) is 1.46. The molecule has 0 fully saturated rings. The monoisotopic (exact) mass is 270 g/mol. The first-order chi connectivity index (χ1) is 6.36. The van der Waals surface area contributed by atoms with Crippen LogP contribution in [-0.4, -0.2) is 6.29 Å². The molecule has 0 N–H and O–H groups in total. The van der Waals surface area contributed by atoms with Crippen molar-refractivity contribution >= 4 is 22.2 Å². The van der Waals surface area contributed by atoms with Gasteiger partial charge in [0.05, 0.1) is 11.1 Å². The third kappa shape index (κ3) is 2.12. The lowest BCUT2D eigenvalue weighted by Gasteiger charge is -2.10. The lowest BCUT2D eigenvalue weighted by molar-refractivity contribution is -0.138. The van der Waals surface area contributed by atoms with Crippen LogP contribution in [0.5, 0.6) is 0 Å². The second-order valence-electron chi connectivity index (χ2n) is 2.46. The molecule has 1 rings (SSSR count). The molecule has 0 spiro atoms. The third-order valence-corrected chi connectivity index (χ3v) is 1.98. The van der Waals surface area contributed by atoms with Crippen molar-refractivity contribution in [1.29, 1.82) is 0 Å². The summed E-state index contributed by atoms with van der Waals surface area (Å²) in [5, 5.41) is 0. The van der Waals surface area contributed by atoms with Gasteiger partial charge in [-0.25, -0.2) is 4.39 Å². The summed E-state index contributed by atoms with van der Waals surface area (Å²) < 4.78 is 49.6. The highest BCUT2D eigenvalue weighted by molar-refractivity contribution is 9.10. The first kappa shape index (κ1) is 11.2. The Bertz CT molecular complexity index is 372. The van der Waals surface area contributed by atoms with Crippen molar-refractivity contribution in [2.75, 3.05) is 0 Å². The Morgan fingerprint density at radius 3 is 2.29 bits per heavy atom. The molecule has 1 aromatic rings. The van der Waals surface area contributed by atoms with Crippen molar-refractivity contribution in [3.8, 4) is 0 Å². The van der Waals surface area contributed by atoms with Gasteiger partial charge in [0.15, 0.2) is 6.29 Å². The summed E-state index contributed by atoms with van der Waals surface area (Å²) in [7, 11) is 0. The lowest BCUT2D eigenvalue weighted by Crippen LogP contribution is -2.10. The lowest BCUT2D eigenvalue weighted by atomic mass is 10.1. The van der Waals surface area contributed by atoms with Gasteiger partial charge in [-0.2, -0.15) is 13.2 Å². The standard InChI is InChI=1S/C8H3BrF4O/c9-4-1-6(8(11,12)13)5(3-14)7(10)2-4/h1-3H. The van der Waals surface area contributed by atoms with E-state index >= 15 is 0 Å². The first-order valence-electron chi connectivity index (χ1n) is 3.37. The maximum atomic E-state index is 12.9. The Kier molecular flexibility index (Phi) is 2.94. The summed E-state index contributed by atoms with van der Waals surface area (Å²) >= 11 is 2.71. The number of rotatable bonds is 1. The summed E-state index contributed by atoms with van der Waals surface area (Å²) in [6.45, 7) is 0. The van der Waals surface area contributed by atoms with Gasteiger partial charge < -0.3 is 0 Å². The maximum absolute atomic E-state index is 12.9. The molecule has 6 heteroatoms. The largest absolute Gasteiger partial charge is 0.417 e. The van der Waals surface area contributed by atoms with Gasteiger partial charge in [-0.05, 0) is 12.1 Å². The van der Waals surface area contributed by atoms with E-state index in [1.807, 2.05) is 0 Å². The number of carbonyl (C=O) groups excluding carboxylic acids is 1. The predicted molar refractivity (Wildman–Crippen MR) is 44.5 cm³/mol. The molecule has 0 radical (unpaired) electrons. The number of halogens is 5. The molecule has 0 atom stereocenters. The van der Waals surface area contributed by atoms with E-state index in [0.29, 0.717) is 6.07 Å². The van der Waals surface area contributed by atoms with E-state index in [0.717, 1.165) is 6.07 Å². The second-order valence-corrected chi connectivity index (χ2v) is 3.38. The topological polar surface area (TPSA) is 17.1 Å². The molecule has 0 amide bonds. The molecule has 0 aliphatic rings. The van der Waals surface area contributed by atoms with Gasteiger partial charge >= 0.3 is 6.18 Å². The van der Waals surface area contributed by atoms with Crippen LogP contribution in [-0.2, 0) is 6.18 Å². The molecule has 76 valence electrons. The minimum Gasteiger partial charge on any atom is -0.298 e. The molecule has 14 heavy (non-hydrogen) atoms. The minimum absolute atomic E-state index is 0.0621. The van der Waals surface area contributed by atoms with Gasteiger partial charge in [-0.3, -0.25) is 4.79 Å². The van der Waals surface area contributed by atoms with Crippen LogP contribution in [0.2, 0.25) is 0 Å². The molecule has 1 nitrogen and oxygen atoms in total. The maximum Gasteiger partial charge on any atom is 0.417 e. The zero-order valence-corrected chi connectivity index (χ0v) is 8.12. The highest BCUT2D eigenvalue weighted by atomic mass is 79.9. The van der Waals surface area contributed by atoms with E-state index in [1.165, 1.54) is 0 Å². The molecule has 0 saturated heterocycles. The van der Waals surface area contributed by atoms with Gasteiger partial charge in [-0.15, -0.1) is 0 Å². The van der Waals surface area contributed by atoms with Crippen molar-refractivity contribution in [3.05, 3.63) is 33.5 Å². The average Bonchev–Trinajstić information content (AvgIpc) is 2.01. The Morgan fingerprint density at radius 1 is 1.29 bits per heavy atom. The van der Waals surface area contributed by atoms with Crippen LogP contribution < -0.4 is 0 Å². The normalized spacial score (nSPS) is 11.5. The molecule has 0 heterocycles. The smallest absolute Gasteiger partial charge is 0.298 e. The molecule has 1 aromatic carbocycles. The Labute approximate surface area is 84.9 Å². The number of carbonyl (C=O) groups is 1. The number of hydrogen-bond acceptors (Lipinski definition) is 1. The minimum atomic E-state index is -4.74. The van der Waals surface area contributed by atoms with Gasteiger partial charge in [0, 0.05) is 4.47 Å². The van der Waals surface area contributed by atoms with Crippen LogP contribution in [0.25, 0.3) is 0 Å². The fourth-order valence-electron chi connectivity index (χ4n) is 0.939. The fourth-order valence-corrected chi connectivity index (χ4v) is 1.37. The molecule has 0 saturated carbocycles. The van der Waals surface area contributed by atoms with Crippen molar-refractivity contribution in [2.24, 2.45) is 0 Å². The highest BCUT2D eigenvalue weighted by Crippen LogP contribution is 2.34. The van der Waals surface area contributed by atoms with E-state index in [2.05, 4.69) is 15.9 Å². The average molecular weight is 271 g/mol. The van der Waals surface area contributed by atoms with Crippen molar-refractivity contribution in [3.63, 3.8) is 0 Å². The van der Waals surface area contributed by atoms with Crippen molar-refractivity contribution in [1.82, 2.24) is 0 Å². The number of hydrogen-bond donors (Lipinski definition) is 0. The molecule has 0 unspecified atom stereocenters. The number of alkyl halides is 3. The number of benzene rings is 1. The Morgan fingerprint density at radius 2 is 1.86 bits per heavy atom. The van der Waals surface area contributed by atoms with Crippen LogP contribution in [0.15, 0.2) is 16.6 Å². The van der Waals surface area contributed by atoms with E-state index < -0.39 is 23.1 Å². The quantitative estimate of drug-likeness (QED) is 0.565. The van der Waals surface area contributed by atoms with E-state index in [-0.39, 0.29) is 10.8 Å². The summed E-state index contributed by atoms with van der Waals surface area (Å²) in [5.74, 6) is -1.19. The van der Waals surface area contributed by atoms with Gasteiger partial charge in [0.25, 0.3) is 0 Å². The summed E-state index contributed by atoms with van der Waals surface area (Å²) in [6.07, 6.45) is -4.88. The molecule has 0 aromatic heterocycles. The van der Waals surface area contributed by atoms with Gasteiger partial charge in [0.1, 0.15) is 5.82 Å². The van der Waals surface area contributed by atoms with Crippen LogP contribution in [0, 0.1) is 5.82 Å². The van der Waals surface area contributed by atoms with Crippen molar-refractivity contribution in [2.45, 2.75) is 6.18 Å². The summed E-state index contributed by atoms with van der Waals surface area (Å²) in [4.78, 5) is 10.3. The molecular weight excluding hydrogens is 268 g/mol. The molecular formula is C8H3BrF4O. The number of aldehydes is 1. The Balaban J connectivity index is 3.48. The van der Waals surface area contributed by atoms with E-state index in [4.69, 9.17) is 0 Å². The molecule has 0 aliphatic heterocycles. The molecule has 0 bridgehead atoms. The van der Waals surface area contributed by atoms with Crippen molar-refractivity contribution < 1.29 is 22.4 Å². The van der Waals surface area contributed by atoms with Crippen LogP contribution >= 0.6 is 15.9 Å². The third-order valence-electron chi connectivity index (χ3n) is 1.52. The SMILES string of the molecule is O=Cc1c(F)cc(Br)cc1C(F)(F)F. The molecule has 0 aliphatic carbocycles. The van der Waals surface area contributed by atoms with E-state index in [1.54, 1.807) is 0 Å². The van der Waals surface area contributed by atoms with Crippen LogP contribution in [0.1, 0.15) is 15.9 Å². The van der Waals surface area contributed by atoms with Crippen LogP contribution in [0.3, 0.4) is 0 Å². The second kappa shape index (κ2) is 3.68. The predicted octanol–water partition coefficient (Wildman–Crippen LogP) is 3.42. The van der Waals surface area contributed by atoms with Gasteiger partial charge in [0.2, 0.25) is 0 Å². The summed E-state index contributed by atoms with van der Waals surface area (Å²) in [5.41, 5.74) is -2.25. The zero-order valence-electron chi connectivity index (χ0n) is 6.53. The highest BCUT2D eigenvalue weighted by Gasteiger charge is 2.34. The fraction of sp³-hybridized carbons (Fsp3) is 0.125. The van der Waals surface area contributed by atoms with Gasteiger partial charge in [-0.1, -0.05) is 15.9 Å². The zero-order chi connectivity index (χ0) is 10.9.